The summed E-state index contributed by atoms with van der Waals surface area (Å²) in [4.78, 5) is 8.54. The second-order valence-corrected chi connectivity index (χ2v) is 5.38. The summed E-state index contributed by atoms with van der Waals surface area (Å²) in [6.45, 7) is 1.88. The second kappa shape index (κ2) is 10.7. The van der Waals surface area contributed by atoms with Crippen LogP contribution in [-0.4, -0.2) is 37.7 Å². The first kappa shape index (κ1) is 18.3. The quantitative estimate of drug-likeness (QED) is 0.440. The molecule has 1 aromatic carbocycles. The number of nitrogens with one attached hydrogen (secondary N) is 2. The van der Waals surface area contributed by atoms with Crippen LogP contribution in [0.1, 0.15) is 11.3 Å². The van der Waals surface area contributed by atoms with Crippen molar-refractivity contribution in [3.63, 3.8) is 0 Å². The van der Waals surface area contributed by atoms with E-state index in [-0.39, 0.29) is 0 Å². The number of benzene rings is 1. The summed E-state index contributed by atoms with van der Waals surface area (Å²) in [6.07, 6.45) is 8.75. The largest absolute Gasteiger partial charge is 0.481 e. The Kier molecular flexibility index (Phi) is 7.86. The Bertz CT molecular complexity index is 690. The van der Waals surface area contributed by atoms with E-state index in [1.807, 2.05) is 48.7 Å². The van der Waals surface area contributed by atoms with Gasteiger partial charge in [0.05, 0.1) is 0 Å². The van der Waals surface area contributed by atoms with E-state index in [4.69, 9.17) is 11.2 Å². The molecule has 25 heavy (non-hydrogen) atoms. The molecular weight excluding hydrogens is 312 g/mol. The van der Waals surface area contributed by atoms with E-state index >= 15 is 0 Å². The molecule has 2 N–H and O–H groups in total. The van der Waals surface area contributed by atoms with Gasteiger partial charge in [0.15, 0.2) is 5.96 Å². The third-order valence-corrected chi connectivity index (χ3v) is 3.57. The van der Waals surface area contributed by atoms with Crippen molar-refractivity contribution in [1.29, 1.82) is 0 Å². The molecule has 2 rings (SSSR count). The first-order chi connectivity index (χ1) is 12.3. The average molecular weight is 336 g/mol. The normalized spacial score (nSPS) is 10.8. The number of hydrogen-bond acceptors (Lipinski definition) is 3. The van der Waals surface area contributed by atoms with Crippen molar-refractivity contribution >= 4 is 5.96 Å². The molecule has 0 saturated heterocycles. The molecule has 5 nitrogen and oxygen atoms in total. The van der Waals surface area contributed by atoms with Crippen molar-refractivity contribution in [3.8, 4) is 18.1 Å². The molecule has 0 amide bonds. The summed E-state index contributed by atoms with van der Waals surface area (Å²) in [5.74, 6) is 4.04. The van der Waals surface area contributed by atoms with Crippen molar-refractivity contribution in [2.24, 2.45) is 4.99 Å². The molecule has 0 aliphatic rings. The molecule has 5 heteroatoms. The third kappa shape index (κ3) is 6.96. The minimum Gasteiger partial charge on any atom is -0.481 e. The predicted octanol–water partition coefficient (Wildman–Crippen LogP) is 2.04. The lowest BCUT2D eigenvalue weighted by molar-refractivity contribution is 0.370. The molecule has 0 radical (unpaired) electrons. The van der Waals surface area contributed by atoms with Gasteiger partial charge >= 0.3 is 0 Å². The molecule has 0 fully saturated rings. The van der Waals surface area contributed by atoms with Crippen LogP contribution in [0.15, 0.2) is 53.7 Å². The minimum absolute atomic E-state index is 0.293. The van der Waals surface area contributed by atoms with Gasteiger partial charge < -0.3 is 15.4 Å². The lowest BCUT2D eigenvalue weighted by Crippen LogP contribution is -2.39. The minimum atomic E-state index is 0.293. The molecule has 0 saturated carbocycles. The fourth-order valence-electron chi connectivity index (χ4n) is 2.28. The summed E-state index contributed by atoms with van der Waals surface area (Å²) in [5, 5.41) is 6.61. The van der Waals surface area contributed by atoms with Gasteiger partial charge in [0.1, 0.15) is 12.4 Å². The van der Waals surface area contributed by atoms with E-state index in [2.05, 4.69) is 26.5 Å². The zero-order valence-electron chi connectivity index (χ0n) is 14.5. The predicted molar refractivity (Wildman–Crippen MR) is 102 cm³/mol. The number of guanidine groups is 1. The molecule has 0 bridgehead atoms. The summed E-state index contributed by atoms with van der Waals surface area (Å²) >= 11 is 0. The fraction of sp³-hybridized carbons (Fsp3) is 0.300. The Morgan fingerprint density at radius 3 is 2.52 bits per heavy atom. The highest BCUT2D eigenvalue weighted by molar-refractivity contribution is 5.79. The topological polar surface area (TPSA) is 58.5 Å². The average Bonchev–Trinajstić information content (AvgIpc) is 2.67. The maximum Gasteiger partial charge on any atom is 0.190 e. The Hall–Kier alpha value is -3.00. The highest BCUT2D eigenvalue weighted by Crippen LogP contribution is 2.12. The second-order valence-electron chi connectivity index (χ2n) is 5.38. The Morgan fingerprint density at radius 1 is 1.12 bits per heavy atom. The molecule has 0 aliphatic carbocycles. The maximum absolute atomic E-state index is 5.37. The zero-order valence-corrected chi connectivity index (χ0v) is 14.5. The molecule has 0 spiro atoms. The van der Waals surface area contributed by atoms with Gasteiger partial charge in [-0.25, -0.2) is 0 Å². The highest BCUT2D eigenvalue weighted by atomic mass is 16.5. The molecule has 0 atom stereocenters. The van der Waals surface area contributed by atoms with Gasteiger partial charge in [0.2, 0.25) is 0 Å². The Labute approximate surface area is 149 Å². The van der Waals surface area contributed by atoms with Gasteiger partial charge in [-0.1, -0.05) is 24.1 Å². The fourth-order valence-corrected chi connectivity index (χ4v) is 2.28. The van der Waals surface area contributed by atoms with Gasteiger partial charge in [0.25, 0.3) is 0 Å². The van der Waals surface area contributed by atoms with Gasteiger partial charge in [-0.3, -0.25) is 9.98 Å². The van der Waals surface area contributed by atoms with Crippen molar-refractivity contribution < 1.29 is 4.74 Å². The van der Waals surface area contributed by atoms with E-state index in [1.54, 1.807) is 7.05 Å². The molecule has 0 aliphatic heterocycles. The number of hydrogen-bond donors (Lipinski definition) is 2. The van der Waals surface area contributed by atoms with E-state index in [1.165, 1.54) is 5.56 Å². The van der Waals surface area contributed by atoms with E-state index in [9.17, 15) is 0 Å². The van der Waals surface area contributed by atoms with Crippen LogP contribution in [0.5, 0.6) is 5.75 Å². The molecular formula is C20H24N4O. The summed E-state index contributed by atoms with van der Waals surface area (Å²) in [7, 11) is 1.77. The Morgan fingerprint density at radius 2 is 1.88 bits per heavy atom. The zero-order chi connectivity index (χ0) is 17.7. The summed E-state index contributed by atoms with van der Waals surface area (Å²) in [5.41, 5.74) is 2.29. The van der Waals surface area contributed by atoms with Gasteiger partial charge in [-0.15, -0.1) is 6.42 Å². The van der Waals surface area contributed by atoms with Crippen LogP contribution in [0.25, 0.3) is 0 Å². The number of terminal acetylenes is 1. The molecule has 1 aromatic heterocycles. The summed E-state index contributed by atoms with van der Waals surface area (Å²) < 4.78 is 5.37. The number of pyridine rings is 1. The lowest BCUT2D eigenvalue weighted by atomic mass is 10.1. The first-order valence-electron chi connectivity index (χ1n) is 8.31. The summed E-state index contributed by atoms with van der Waals surface area (Å²) in [6, 6.07) is 13.9. The number of nitrogens with zero attached hydrogens (tertiary/aromatic N) is 2. The van der Waals surface area contributed by atoms with Crippen LogP contribution in [0.4, 0.5) is 0 Å². The van der Waals surface area contributed by atoms with Crippen LogP contribution in [0.2, 0.25) is 0 Å². The Balaban J connectivity index is 1.67. The standard InChI is InChI=1S/C20H24N4O/c1-3-16-25-19-9-7-17(8-10-19)11-14-23-20(21-2)24-15-12-18-6-4-5-13-22-18/h1,4-10,13H,11-12,14-16H2,2H3,(H2,21,23,24). The number of aliphatic imine (C=N–C) groups is 1. The van der Waals surface area contributed by atoms with Gasteiger partial charge in [-0.05, 0) is 36.2 Å². The van der Waals surface area contributed by atoms with Gasteiger partial charge in [-0.2, -0.15) is 0 Å². The van der Waals surface area contributed by atoms with E-state index < -0.39 is 0 Å². The number of rotatable bonds is 8. The van der Waals surface area contributed by atoms with Crippen LogP contribution in [-0.2, 0) is 12.8 Å². The van der Waals surface area contributed by atoms with Crippen LogP contribution >= 0.6 is 0 Å². The van der Waals surface area contributed by atoms with Crippen molar-refractivity contribution in [2.45, 2.75) is 12.8 Å². The smallest absolute Gasteiger partial charge is 0.190 e. The molecule has 0 unspecified atom stereocenters. The van der Waals surface area contributed by atoms with Gasteiger partial charge in [0, 0.05) is 38.4 Å². The van der Waals surface area contributed by atoms with Crippen LogP contribution in [0, 0.1) is 12.3 Å². The van der Waals surface area contributed by atoms with E-state index in [0.29, 0.717) is 6.61 Å². The number of ether oxygens (including phenoxy) is 1. The molecule has 1 heterocycles. The highest BCUT2D eigenvalue weighted by Gasteiger charge is 2.00. The van der Waals surface area contributed by atoms with Crippen LogP contribution in [0.3, 0.4) is 0 Å². The maximum atomic E-state index is 5.37. The SMILES string of the molecule is C#CCOc1ccc(CCNC(=NC)NCCc2ccccn2)cc1. The van der Waals surface area contributed by atoms with E-state index in [0.717, 1.165) is 43.3 Å². The van der Waals surface area contributed by atoms with Crippen molar-refractivity contribution in [3.05, 3.63) is 59.9 Å². The third-order valence-electron chi connectivity index (χ3n) is 3.57. The monoisotopic (exact) mass is 336 g/mol. The molecule has 130 valence electrons. The lowest BCUT2D eigenvalue weighted by Gasteiger charge is -2.12. The van der Waals surface area contributed by atoms with Crippen molar-refractivity contribution in [2.75, 3.05) is 26.7 Å². The van der Waals surface area contributed by atoms with Crippen LogP contribution < -0.4 is 15.4 Å². The molecule has 2 aromatic rings. The number of aromatic nitrogens is 1. The van der Waals surface area contributed by atoms with Crippen molar-refractivity contribution in [1.82, 2.24) is 15.6 Å². The first-order valence-corrected chi connectivity index (χ1v) is 8.31.